The normalized spacial score (nSPS) is 14.4. The molecule has 0 saturated carbocycles. The molecule has 0 saturated heterocycles. The summed E-state index contributed by atoms with van der Waals surface area (Å²) in [4.78, 5) is 25.9. The molecule has 5 nitrogen and oxygen atoms in total. The van der Waals surface area contributed by atoms with E-state index < -0.39 is 17.9 Å². The molecule has 1 aromatic rings. The van der Waals surface area contributed by atoms with Gasteiger partial charge in [-0.2, -0.15) is 0 Å². The second-order valence-corrected chi connectivity index (χ2v) is 5.21. The van der Waals surface area contributed by atoms with Crippen molar-refractivity contribution in [3.05, 3.63) is 42.5 Å². The number of ether oxygens (including phenoxy) is 2. The number of anilines is 1. The molecule has 0 bridgehead atoms. The average molecular weight is 303 g/mol. The van der Waals surface area contributed by atoms with Crippen molar-refractivity contribution in [2.45, 2.75) is 18.9 Å². The number of esters is 2. The Morgan fingerprint density at radius 1 is 1.27 bits per heavy atom. The molecule has 5 heteroatoms. The quantitative estimate of drug-likeness (QED) is 0.457. The Morgan fingerprint density at radius 2 is 1.91 bits per heavy atom. The zero-order valence-electron chi connectivity index (χ0n) is 13.0. The number of benzene rings is 1. The number of hydrogen-bond acceptors (Lipinski definition) is 5. The van der Waals surface area contributed by atoms with Gasteiger partial charge >= 0.3 is 11.9 Å². The molecular formula is C17H21NO4. The van der Waals surface area contributed by atoms with Crippen LogP contribution in [0.4, 0.5) is 5.69 Å². The topological polar surface area (TPSA) is 55.8 Å². The summed E-state index contributed by atoms with van der Waals surface area (Å²) in [6.45, 7) is 4.69. The van der Waals surface area contributed by atoms with Crippen molar-refractivity contribution in [1.82, 2.24) is 0 Å². The zero-order valence-corrected chi connectivity index (χ0v) is 13.0. The third-order valence-corrected chi connectivity index (χ3v) is 4.04. The van der Waals surface area contributed by atoms with Crippen LogP contribution in [-0.4, -0.2) is 38.7 Å². The molecule has 0 fully saturated rings. The Balaban J connectivity index is 2.20. The Morgan fingerprint density at radius 3 is 2.50 bits per heavy atom. The van der Waals surface area contributed by atoms with Gasteiger partial charge in [0.2, 0.25) is 0 Å². The van der Waals surface area contributed by atoms with Crippen LogP contribution in [0.5, 0.6) is 0 Å². The Bertz CT molecular complexity index is 554. The Labute approximate surface area is 130 Å². The first-order valence-corrected chi connectivity index (χ1v) is 7.25. The summed E-state index contributed by atoms with van der Waals surface area (Å²) in [5, 5.41) is 0. The van der Waals surface area contributed by atoms with Gasteiger partial charge in [-0.25, -0.2) is 0 Å². The van der Waals surface area contributed by atoms with Gasteiger partial charge in [-0.15, -0.1) is 6.58 Å². The Kier molecular flexibility index (Phi) is 5.20. The number of para-hydroxylation sites is 1. The molecule has 0 radical (unpaired) electrons. The minimum Gasteiger partial charge on any atom is -0.468 e. The van der Waals surface area contributed by atoms with Crippen LogP contribution in [0.15, 0.2) is 36.9 Å². The minimum atomic E-state index is -0.939. The first-order valence-electron chi connectivity index (χ1n) is 7.25. The lowest BCUT2D eigenvalue weighted by Gasteiger charge is -2.29. The van der Waals surface area contributed by atoms with E-state index in [1.54, 1.807) is 6.08 Å². The number of nitrogens with zero attached hydrogens (tertiary/aromatic N) is 1. The van der Waals surface area contributed by atoms with Crippen molar-refractivity contribution in [2.24, 2.45) is 5.92 Å². The van der Waals surface area contributed by atoms with Crippen LogP contribution in [0.3, 0.4) is 0 Å². The molecule has 1 heterocycles. The predicted octanol–water partition coefficient (Wildman–Crippen LogP) is 1.96. The fourth-order valence-electron chi connectivity index (χ4n) is 2.87. The first kappa shape index (κ1) is 16.1. The number of carbonyl (C=O) groups is 2. The summed E-state index contributed by atoms with van der Waals surface area (Å²) in [6, 6.07) is 8.00. The van der Waals surface area contributed by atoms with Crippen molar-refractivity contribution < 1.29 is 19.1 Å². The molecule has 2 rings (SSSR count). The van der Waals surface area contributed by atoms with Crippen molar-refractivity contribution in [1.29, 1.82) is 0 Å². The highest BCUT2D eigenvalue weighted by Crippen LogP contribution is 2.31. The van der Waals surface area contributed by atoms with Gasteiger partial charge in [0, 0.05) is 18.3 Å². The van der Waals surface area contributed by atoms with Crippen LogP contribution in [0.1, 0.15) is 12.0 Å². The van der Waals surface area contributed by atoms with Gasteiger partial charge < -0.3 is 14.4 Å². The molecule has 1 aromatic carbocycles. The number of methoxy groups -OCH3 is 2. The molecular weight excluding hydrogens is 282 g/mol. The van der Waals surface area contributed by atoms with E-state index >= 15 is 0 Å². The molecule has 118 valence electrons. The molecule has 1 aliphatic rings. The minimum absolute atomic E-state index is 0.133. The molecule has 1 unspecified atom stereocenters. The molecule has 0 aromatic heterocycles. The van der Waals surface area contributed by atoms with Crippen molar-refractivity contribution >= 4 is 17.6 Å². The van der Waals surface area contributed by atoms with E-state index in [9.17, 15) is 9.59 Å². The van der Waals surface area contributed by atoms with Crippen LogP contribution in [0.25, 0.3) is 0 Å². The van der Waals surface area contributed by atoms with E-state index in [-0.39, 0.29) is 12.5 Å². The van der Waals surface area contributed by atoms with E-state index in [0.29, 0.717) is 0 Å². The molecule has 1 atom stereocenters. The summed E-state index contributed by atoms with van der Waals surface area (Å²) < 4.78 is 9.44. The predicted molar refractivity (Wildman–Crippen MR) is 83.6 cm³/mol. The fourth-order valence-corrected chi connectivity index (χ4v) is 2.87. The van der Waals surface area contributed by atoms with Gasteiger partial charge in [-0.05, 0) is 24.5 Å². The van der Waals surface area contributed by atoms with Crippen molar-refractivity contribution in [3.63, 3.8) is 0 Å². The standard InChI is InChI=1S/C17H21NO4/c1-4-13(11-14(16(19)21-2)17(20)22-3)18-10-9-12-7-5-6-8-15(12)18/h4-8,13-14H,1,9-11H2,2-3H3. The van der Waals surface area contributed by atoms with Gasteiger partial charge in [-0.1, -0.05) is 24.3 Å². The summed E-state index contributed by atoms with van der Waals surface area (Å²) in [5.41, 5.74) is 2.39. The summed E-state index contributed by atoms with van der Waals surface area (Å²) >= 11 is 0. The third kappa shape index (κ3) is 3.13. The van der Waals surface area contributed by atoms with Crippen LogP contribution in [0, 0.1) is 5.92 Å². The number of carbonyl (C=O) groups excluding carboxylic acids is 2. The lowest BCUT2D eigenvalue weighted by atomic mass is 9.98. The van der Waals surface area contributed by atoms with Gasteiger partial charge in [0.25, 0.3) is 0 Å². The number of fused-ring (bicyclic) bond motifs is 1. The second kappa shape index (κ2) is 7.11. The van der Waals surface area contributed by atoms with Crippen LogP contribution < -0.4 is 4.90 Å². The van der Waals surface area contributed by atoms with Gasteiger partial charge in [-0.3, -0.25) is 9.59 Å². The summed E-state index contributed by atoms with van der Waals surface area (Å²) in [7, 11) is 2.54. The van der Waals surface area contributed by atoms with Crippen LogP contribution >= 0.6 is 0 Å². The first-order chi connectivity index (χ1) is 10.6. The van der Waals surface area contributed by atoms with Crippen molar-refractivity contribution in [2.75, 3.05) is 25.7 Å². The van der Waals surface area contributed by atoms with E-state index in [1.807, 2.05) is 18.2 Å². The molecule has 1 aliphatic heterocycles. The van der Waals surface area contributed by atoms with E-state index in [2.05, 4.69) is 17.5 Å². The van der Waals surface area contributed by atoms with E-state index in [0.717, 1.165) is 18.7 Å². The van der Waals surface area contributed by atoms with Crippen molar-refractivity contribution in [3.8, 4) is 0 Å². The smallest absolute Gasteiger partial charge is 0.320 e. The lowest BCUT2D eigenvalue weighted by Crippen LogP contribution is -2.38. The van der Waals surface area contributed by atoms with Crippen LogP contribution in [0.2, 0.25) is 0 Å². The molecule has 22 heavy (non-hydrogen) atoms. The maximum atomic E-state index is 11.8. The number of rotatable bonds is 6. The average Bonchev–Trinajstić information content (AvgIpc) is 2.98. The van der Waals surface area contributed by atoms with Crippen LogP contribution in [-0.2, 0) is 25.5 Å². The highest BCUT2D eigenvalue weighted by atomic mass is 16.5. The van der Waals surface area contributed by atoms with Gasteiger partial charge in [0.1, 0.15) is 0 Å². The van der Waals surface area contributed by atoms with E-state index in [1.165, 1.54) is 19.8 Å². The molecule has 0 amide bonds. The molecule has 0 aliphatic carbocycles. The third-order valence-electron chi connectivity index (χ3n) is 4.04. The van der Waals surface area contributed by atoms with E-state index in [4.69, 9.17) is 9.47 Å². The Hall–Kier alpha value is -2.30. The summed E-state index contributed by atoms with van der Waals surface area (Å²) in [6.07, 6.45) is 3.00. The highest BCUT2D eigenvalue weighted by molar-refractivity contribution is 5.95. The largest absolute Gasteiger partial charge is 0.468 e. The number of hydrogen-bond donors (Lipinski definition) is 0. The van der Waals surface area contributed by atoms with Gasteiger partial charge in [0.05, 0.1) is 14.2 Å². The molecule has 0 spiro atoms. The molecule has 0 N–H and O–H groups in total. The summed E-state index contributed by atoms with van der Waals surface area (Å²) in [5.74, 6) is -2.09. The maximum Gasteiger partial charge on any atom is 0.320 e. The SMILES string of the molecule is C=CC(CC(C(=O)OC)C(=O)OC)N1CCc2ccccc21. The van der Waals surface area contributed by atoms with Gasteiger partial charge in [0.15, 0.2) is 5.92 Å². The lowest BCUT2D eigenvalue weighted by molar-refractivity contribution is -0.159. The fraction of sp³-hybridized carbons (Fsp3) is 0.412. The maximum absolute atomic E-state index is 11.8. The zero-order chi connectivity index (χ0) is 16.1. The monoisotopic (exact) mass is 303 g/mol. The highest BCUT2D eigenvalue weighted by Gasteiger charge is 2.34. The second-order valence-electron chi connectivity index (χ2n) is 5.21.